The lowest BCUT2D eigenvalue weighted by Gasteiger charge is -2.38. The molecule has 0 aromatic rings. The summed E-state index contributed by atoms with van der Waals surface area (Å²) in [7, 11) is 0. The molecule has 0 aliphatic carbocycles. The SMILES string of the molecule is CC(C)C(N)CC(=O)N1CCCC(N2CCCC2)C1. The standard InChI is InChI=1S/C15H29N3O/c1-12(2)14(16)10-15(19)18-9-5-6-13(11-18)17-7-3-4-8-17/h12-14H,3-11,16H2,1-2H3. The van der Waals surface area contributed by atoms with Crippen LogP contribution in [0.15, 0.2) is 0 Å². The molecule has 19 heavy (non-hydrogen) atoms. The molecule has 2 aliphatic rings. The van der Waals surface area contributed by atoms with Crippen molar-refractivity contribution < 1.29 is 4.79 Å². The Morgan fingerprint density at radius 3 is 2.53 bits per heavy atom. The highest BCUT2D eigenvalue weighted by Crippen LogP contribution is 2.21. The Hall–Kier alpha value is -0.610. The number of nitrogens with zero attached hydrogens (tertiary/aromatic N) is 2. The molecule has 2 saturated heterocycles. The molecule has 2 rings (SSSR count). The van der Waals surface area contributed by atoms with Gasteiger partial charge in [-0.3, -0.25) is 9.69 Å². The Morgan fingerprint density at radius 1 is 1.21 bits per heavy atom. The van der Waals surface area contributed by atoms with E-state index in [1.54, 1.807) is 0 Å². The number of amides is 1. The van der Waals surface area contributed by atoms with Crippen LogP contribution in [-0.4, -0.2) is 54.0 Å². The molecule has 0 saturated carbocycles. The molecule has 2 unspecified atom stereocenters. The lowest BCUT2D eigenvalue weighted by Crippen LogP contribution is -2.50. The minimum Gasteiger partial charge on any atom is -0.341 e. The highest BCUT2D eigenvalue weighted by Gasteiger charge is 2.29. The molecule has 2 fully saturated rings. The zero-order chi connectivity index (χ0) is 13.8. The topological polar surface area (TPSA) is 49.6 Å². The molecule has 2 heterocycles. The number of carbonyl (C=O) groups is 1. The van der Waals surface area contributed by atoms with Gasteiger partial charge in [-0.2, -0.15) is 0 Å². The van der Waals surface area contributed by atoms with Crippen molar-refractivity contribution in [1.82, 2.24) is 9.80 Å². The van der Waals surface area contributed by atoms with E-state index in [4.69, 9.17) is 5.73 Å². The molecule has 2 atom stereocenters. The molecule has 4 heteroatoms. The average Bonchev–Trinajstić information content (AvgIpc) is 2.92. The molecular weight excluding hydrogens is 238 g/mol. The van der Waals surface area contributed by atoms with E-state index in [0.717, 1.165) is 19.5 Å². The van der Waals surface area contributed by atoms with E-state index >= 15 is 0 Å². The number of carbonyl (C=O) groups excluding carboxylic acids is 1. The van der Waals surface area contributed by atoms with Gasteiger partial charge >= 0.3 is 0 Å². The Labute approximate surface area is 117 Å². The van der Waals surface area contributed by atoms with E-state index in [0.29, 0.717) is 18.4 Å². The van der Waals surface area contributed by atoms with Crippen molar-refractivity contribution in [2.75, 3.05) is 26.2 Å². The van der Waals surface area contributed by atoms with Crippen LogP contribution in [0.5, 0.6) is 0 Å². The maximum absolute atomic E-state index is 12.3. The predicted octanol–water partition coefficient (Wildman–Crippen LogP) is 1.45. The lowest BCUT2D eigenvalue weighted by molar-refractivity contribution is -0.133. The van der Waals surface area contributed by atoms with Gasteiger partial charge in [0, 0.05) is 31.6 Å². The molecule has 4 nitrogen and oxygen atoms in total. The minimum atomic E-state index is -0.000312. The van der Waals surface area contributed by atoms with Gasteiger partial charge in [0.1, 0.15) is 0 Å². The van der Waals surface area contributed by atoms with Crippen molar-refractivity contribution in [1.29, 1.82) is 0 Å². The van der Waals surface area contributed by atoms with E-state index in [9.17, 15) is 4.79 Å². The number of rotatable bonds is 4. The fourth-order valence-corrected chi connectivity index (χ4v) is 3.15. The number of hydrogen-bond donors (Lipinski definition) is 1. The van der Waals surface area contributed by atoms with Crippen molar-refractivity contribution in [3.8, 4) is 0 Å². The molecule has 1 amide bonds. The van der Waals surface area contributed by atoms with Crippen LogP contribution < -0.4 is 5.73 Å². The molecular formula is C15H29N3O. The first-order chi connectivity index (χ1) is 9.08. The molecule has 0 bridgehead atoms. The third-order valence-electron chi connectivity index (χ3n) is 4.67. The van der Waals surface area contributed by atoms with Gasteiger partial charge < -0.3 is 10.6 Å². The van der Waals surface area contributed by atoms with Crippen molar-refractivity contribution in [3.05, 3.63) is 0 Å². The highest BCUT2D eigenvalue weighted by atomic mass is 16.2. The Bertz CT molecular complexity index is 300. The Morgan fingerprint density at radius 2 is 1.89 bits per heavy atom. The summed E-state index contributed by atoms with van der Waals surface area (Å²) in [4.78, 5) is 16.9. The van der Waals surface area contributed by atoms with E-state index in [2.05, 4.69) is 23.6 Å². The summed E-state index contributed by atoms with van der Waals surface area (Å²) in [5.74, 6) is 0.633. The van der Waals surface area contributed by atoms with E-state index in [1.807, 2.05) is 0 Å². The predicted molar refractivity (Wildman–Crippen MR) is 77.8 cm³/mol. The van der Waals surface area contributed by atoms with Crippen LogP contribution >= 0.6 is 0 Å². The second-order valence-electron chi connectivity index (χ2n) is 6.49. The second kappa shape index (κ2) is 6.71. The molecule has 0 aromatic carbocycles. The van der Waals surface area contributed by atoms with Gasteiger partial charge in [0.25, 0.3) is 0 Å². The number of likely N-dealkylation sites (tertiary alicyclic amines) is 2. The van der Waals surface area contributed by atoms with Crippen molar-refractivity contribution in [3.63, 3.8) is 0 Å². The summed E-state index contributed by atoms with van der Waals surface area (Å²) in [6, 6.07) is 0.593. The number of nitrogens with two attached hydrogens (primary N) is 1. The van der Waals surface area contributed by atoms with E-state index < -0.39 is 0 Å². The van der Waals surface area contributed by atoms with Crippen LogP contribution in [0, 0.1) is 5.92 Å². The van der Waals surface area contributed by atoms with Crippen LogP contribution in [0.3, 0.4) is 0 Å². The molecule has 0 aromatic heterocycles. The van der Waals surface area contributed by atoms with Crippen LogP contribution in [0.2, 0.25) is 0 Å². The van der Waals surface area contributed by atoms with Gasteiger partial charge in [-0.05, 0) is 44.7 Å². The van der Waals surface area contributed by atoms with Crippen LogP contribution in [0.1, 0.15) is 46.0 Å². The first-order valence-electron chi connectivity index (χ1n) is 7.85. The van der Waals surface area contributed by atoms with Crippen LogP contribution in [0.4, 0.5) is 0 Å². The van der Waals surface area contributed by atoms with Gasteiger partial charge in [-0.1, -0.05) is 13.8 Å². The average molecular weight is 267 g/mol. The molecule has 0 spiro atoms. The fraction of sp³-hybridized carbons (Fsp3) is 0.933. The third-order valence-corrected chi connectivity index (χ3v) is 4.67. The van der Waals surface area contributed by atoms with Crippen molar-refractivity contribution in [2.45, 2.75) is 58.0 Å². The second-order valence-corrected chi connectivity index (χ2v) is 6.49. The highest BCUT2D eigenvalue weighted by molar-refractivity contribution is 5.77. The monoisotopic (exact) mass is 267 g/mol. The maximum atomic E-state index is 12.3. The number of piperidine rings is 1. The molecule has 0 radical (unpaired) electrons. The molecule has 2 aliphatic heterocycles. The van der Waals surface area contributed by atoms with Crippen LogP contribution in [0.25, 0.3) is 0 Å². The quantitative estimate of drug-likeness (QED) is 0.838. The van der Waals surface area contributed by atoms with Crippen molar-refractivity contribution >= 4 is 5.91 Å². The first kappa shape index (κ1) is 14.8. The summed E-state index contributed by atoms with van der Waals surface area (Å²) >= 11 is 0. The van der Waals surface area contributed by atoms with Crippen LogP contribution in [-0.2, 0) is 4.79 Å². The number of hydrogen-bond acceptors (Lipinski definition) is 3. The molecule has 2 N–H and O–H groups in total. The maximum Gasteiger partial charge on any atom is 0.224 e. The summed E-state index contributed by atoms with van der Waals surface area (Å²) in [6.45, 7) is 8.45. The van der Waals surface area contributed by atoms with Gasteiger partial charge in [0.15, 0.2) is 0 Å². The normalized spacial score (nSPS) is 26.9. The summed E-state index contributed by atoms with van der Waals surface area (Å²) in [5, 5.41) is 0. The zero-order valence-electron chi connectivity index (χ0n) is 12.5. The summed E-state index contributed by atoms with van der Waals surface area (Å²) in [5.41, 5.74) is 6.02. The Balaban J connectivity index is 1.84. The van der Waals surface area contributed by atoms with Crippen molar-refractivity contribution in [2.24, 2.45) is 11.7 Å². The molecule has 110 valence electrons. The smallest absolute Gasteiger partial charge is 0.224 e. The largest absolute Gasteiger partial charge is 0.341 e. The summed E-state index contributed by atoms with van der Waals surface area (Å²) in [6.07, 6.45) is 5.54. The fourth-order valence-electron chi connectivity index (χ4n) is 3.15. The third kappa shape index (κ3) is 3.93. The van der Waals surface area contributed by atoms with Gasteiger partial charge in [-0.25, -0.2) is 0 Å². The van der Waals surface area contributed by atoms with E-state index in [-0.39, 0.29) is 11.9 Å². The Kier molecular flexibility index (Phi) is 5.22. The first-order valence-corrected chi connectivity index (χ1v) is 7.85. The van der Waals surface area contributed by atoms with E-state index in [1.165, 1.54) is 32.4 Å². The van der Waals surface area contributed by atoms with Gasteiger partial charge in [0.05, 0.1) is 0 Å². The van der Waals surface area contributed by atoms with Gasteiger partial charge in [-0.15, -0.1) is 0 Å². The van der Waals surface area contributed by atoms with Gasteiger partial charge in [0.2, 0.25) is 5.91 Å². The zero-order valence-corrected chi connectivity index (χ0v) is 12.5. The summed E-state index contributed by atoms with van der Waals surface area (Å²) < 4.78 is 0. The lowest BCUT2D eigenvalue weighted by atomic mass is 9.99. The minimum absolute atomic E-state index is 0.000312.